The molecule has 1 nitrogen and oxygen atoms in total. The molecule has 0 amide bonds. The van der Waals surface area contributed by atoms with Crippen molar-refractivity contribution in [3.05, 3.63) is 245 Å². The smallest absolute Gasteiger partial charge is 0.0713 e. The molecule has 0 spiro atoms. The highest BCUT2D eigenvalue weighted by Gasteiger charge is 2.47. The second-order valence-electron chi connectivity index (χ2n) is 13.3. The number of anilines is 3. The van der Waals surface area contributed by atoms with Gasteiger partial charge in [0.1, 0.15) is 0 Å². The summed E-state index contributed by atoms with van der Waals surface area (Å²) in [4.78, 5) is 2.23. The molecule has 10 rings (SSSR count). The first-order chi connectivity index (χ1) is 27.4. The summed E-state index contributed by atoms with van der Waals surface area (Å²) >= 11 is 0. The van der Waals surface area contributed by atoms with Crippen molar-refractivity contribution in [3.63, 3.8) is 0 Å². The lowest BCUT2D eigenvalue weighted by Gasteiger charge is -2.34. The number of para-hydroxylation sites is 2. The van der Waals surface area contributed by atoms with Crippen LogP contribution in [0.1, 0.15) is 51.7 Å². The molecule has 2 aliphatic rings. The van der Waals surface area contributed by atoms with Crippen molar-refractivity contribution in [1.29, 1.82) is 0 Å². The molecule has 0 aliphatic heterocycles. The topological polar surface area (TPSA) is 3.24 Å². The van der Waals surface area contributed by atoms with Crippen molar-refractivity contribution >= 4 is 17.1 Å². The lowest BCUT2D eigenvalue weighted by Crippen LogP contribution is -2.28. The minimum Gasteiger partial charge on any atom is -0.310 e. The molecule has 2 unspecified atom stereocenters. The van der Waals surface area contributed by atoms with E-state index in [1.165, 1.54) is 16.7 Å². The van der Waals surface area contributed by atoms with Crippen molar-refractivity contribution < 1.29 is 6.85 Å². The third-order valence-corrected chi connectivity index (χ3v) is 10.7. The number of hydrogen-bond donors (Lipinski definition) is 0. The van der Waals surface area contributed by atoms with Crippen LogP contribution in [0.15, 0.2) is 206 Å². The molecule has 0 saturated heterocycles. The normalized spacial score (nSPS) is 17.9. The van der Waals surface area contributed by atoms with Gasteiger partial charge in [0, 0.05) is 23.0 Å². The van der Waals surface area contributed by atoms with Gasteiger partial charge in [0.25, 0.3) is 0 Å². The van der Waals surface area contributed by atoms with E-state index < -0.39 is 11.5 Å². The van der Waals surface area contributed by atoms with Gasteiger partial charge in [0.2, 0.25) is 0 Å². The van der Waals surface area contributed by atoms with Crippen LogP contribution in [-0.2, 0) is 5.41 Å². The summed E-state index contributed by atoms with van der Waals surface area (Å²) in [6.45, 7) is 0. The van der Waals surface area contributed by atoms with Gasteiger partial charge in [-0.1, -0.05) is 164 Å². The summed E-state index contributed by atoms with van der Waals surface area (Å²) in [5.41, 5.74) is 12.3. The van der Waals surface area contributed by atoms with Crippen LogP contribution in [0.3, 0.4) is 0 Å². The van der Waals surface area contributed by atoms with Crippen molar-refractivity contribution in [2.75, 3.05) is 4.90 Å². The minimum atomic E-state index is -1.24. The first-order valence-corrected chi connectivity index (χ1v) is 17.4. The number of nitrogens with zero attached hydrogens (tertiary/aromatic N) is 1. The second kappa shape index (κ2) is 11.9. The monoisotopic (exact) mass is 654 g/mol. The molecule has 0 bridgehead atoms. The number of fused-ring (bicyclic) bond motifs is 6. The van der Waals surface area contributed by atoms with Crippen molar-refractivity contribution in [3.8, 4) is 22.3 Å². The molecule has 2 aliphatic carbocycles. The Hall–Kier alpha value is -6.44. The van der Waals surface area contributed by atoms with Gasteiger partial charge in [-0.25, -0.2) is 0 Å². The highest BCUT2D eigenvalue weighted by Crippen LogP contribution is 2.58. The molecule has 8 aromatic carbocycles. The molecule has 0 heterocycles. The Morgan fingerprint density at radius 3 is 1.73 bits per heavy atom. The van der Waals surface area contributed by atoms with Gasteiger partial charge in [-0.2, -0.15) is 0 Å². The highest BCUT2D eigenvalue weighted by atomic mass is 15.1. The Balaban J connectivity index is 1.29. The van der Waals surface area contributed by atoms with Gasteiger partial charge in [0.05, 0.1) is 12.3 Å². The molecule has 0 radical (unpaired) electrons. The quantitative estimate of drug-likeness (QED) is 0.172. The lowest BCUT2D eigenvalue weighted by atomic mass is 9.67. The van der Waals surface area contributed by atoms with Crippen LogP contribution in [0.25, 0.3) is 22.3 Å². The second-order valence-corrected chi connectivity index (χ2v) is 13.3. The summed E-state index contributed by atoms with van der Waals surface area (Å²) in [5.74, 6) is 0.0424. The van der Waals surface area contributed by atoms with E-state index >= 15 is 0 Å². The average Bonchev–Trinajstić information content (AvgIpc) is 3.74. The van der Waals surface area contributed by atoms with E-state index in [9.17, 15) is 2.74 Å². The summed E-state index contributed by atoms with van der Waals surface area (Å²) in [6.07, 6.45) is 0. The molecule has 240 valence electrons. The maximum absolute atomic E-state index is 9.53. The predicted octanol–water partition coefficient (Wildman–Crippen LogP) is 12.7. The number of benzene rings is 8. The SMILES string of the molecule is [2H]c1c([2H])c([2H])c(C2(c3ccc4c(c3)-c3ccccc3C4c3ccccc3)c3ccccc3-c3cc(N(c4ccccc4)c4ccccc4)ccc32)c([2H])c1[2H]. The van der Waals surface area contributed by atoms with E-state index in [0.29, 0.717) is 0 Å². The Kier molecular flexibility index (Phi) is 5.73. The standard InChI is InChI=1S/C50H35N/c1-5-17-35(18-6-1)49-43-27-14-13-25-41(43)45-33-37(29-31-44(45)49)50(36-19-7-2-8-20-36)47-28-16-15-26-42(47)46-34-40(30-32-48(46)50)51(38-21-9-3-10-22-38)39-23-11-4-12-24-39/h1-34,49H/i2D,7D,8D,19D,20D. The summed E-state index contributed by atoms with van der Waals surface area (Å²) in [6, 6.07) is 59.2. The third-order valence-electron chi connectivity index (χ3n) is 10.7. The Morgan fingerprint density at radius 1 is 0.412 bits per heavy atom. The molecular weight excluding hydrogens is 615 g/mol. The van der Waals surface area contributed by atoms with E-state index in [-0.39, 0.29) is 35.7 Å². The van der Waals surface area contributed by atoms with Gasteiger partial charge in [-0.15, -0.1) is 0 Å². The molecule has 0 N–H and O–H groups in total. The molecule has 8 aromatic rings. The van der Waals surface area contributed by atoms with Crippen molar-refractivity contribution in [2.24, 2.45) is 0 Å². The Morgan fingerprint density at radius 2 is 1.00 bits per heavy atom. The van der Waals surface area contributed by atoms with Gasteiger partial charge in [-0.05, 0) is 104 Å². The Labute approximate surface area is 306 Å². The van der Waals surface area contributed by atoms with Crippen LogP contribution in [0.4, 0.5) is 17.1 Å². The first-order valence-electron chi connectivity index (χ1n) is 19.9. The highest BCUT2D eigenvalue weighted by molar-refractivity contribution is 5.91. The van der Waals surface area contributed by atoms with Gasteiger partial charge in [-0.3, -0.25) is 0 Å². The van der Waals surface area contributed by atoms with E-state index in [1.54, 1.807) is 0 Å². The summed E-state index contributed by atoms with van der Waals surface area (Å²) < 4.78 is 45.5. The molecule has 2 atom stereocenters. The number of hydrogen-bond acceptors (Lipinski definition) is 1. The third kappa shape index (κ3) is 4.48. The molecular formula is C50H35N. The average molecular weight is 655 g/mol. The summed E-state index contributed by atoms with van der Waals surface area (Å²) in [7, 11) is 0. The molecule has 51 heavy (non-hydrogen) atoms. The molecule has 0 saturated carbocycles. The van der Waals surface area contributed by atoms with Crippen LogP contribution < -0.4 is 4.90 Å². The van der Waals surface area contributed by atoms with Crippen LogP contribution in [0.2, 0.25) is 0 Å². The summed E-state index contributed by atoms with van der Waals surface area (Å²) in [5, 5.41) is 0. The lowest BCUT2D eigenvalue weighted by molar-refractivity contribution is 0.768. The molecule has 0 fully saturated rings. The van der Waals surface area contributed by atoms with Crippen molar-refractivity contribution in [2.45, 2.75) is 11.3 Å². The van der Waals surface area contributed by atoms with E-state index in [0.717, 1.165) is 56.0 Å². The van der Waals surface area contributed by atoms with Crippen LogP contribution in [0.5, 0.6) is 0 Å². The van der Waals surface area contributed by atoms with Crippen LogP contribution in [-0.4, -0.2) is 0 Å². The zero-order chi connectivity index (χ0) is 38.1. The van der Waals surface area contributed by atoms with Gasteiger partial charge >= 0.3 is 0 Å². The van der Waals surface area contributed by atoms with E-state index in [1.807, 2.05) is 54.6 Å². The fourth-order valence-electron chi connectivity index (χ4n) is 8.62. The van der Waals surface area contributed by atoms with Gasteiger partial charge in [0.15, 0.2) is 0 Å². The van der Waals surface area contributed by atoms with E-state index in [2.05, 4.69) is 126 Å². The predicted molar refractivity (Wildman–Crippen MR) is 211 cm³/mol. The van der Waals surface area contributed by atoms with Crippen LogP contribution >= 0.6 is 0 Å². The van der Waals surface area contributed by atoms with Crippen LogP contribution in [0, 0.1) is 0 Å². The minimum absolute atomic E-state index is 0.0424. The fourth-order valence-corrected chi connectivity index (χ4v) is 8.62. The van der Waals surface area contributed by atoms with E-state index in [4.69, 9.17) is 4.11 Å². The zero-order valence-electron chi connectivity index (χ0n) is 32.8. The maximum atomic E-state index is 9.53. The Bertz CT molecular complexity index is 2750. The largest absolute Gasteiger partial charge is 0.310 e. The van der Waals surface area contributed by atoms with Gasteiger partial charge < -0.3 is 4.90 Å². The fraction of sp³-hybridized carbons (Fsp3) is 0.0400. The molecule has 0 aromatic heterocycles. The van der Waals surface area contributed by atoms with Crippen molar-refractivity contribution in [1.82, 2.24) is 0 Å². The molecule has 1 heteroatoms. The maximum Gasteiger partial charge on any atom is 0.0713 e. The first kappa shape index (κ1) is 24.7. The number of rotatable bonds is 6. The zero-order valence-corrected chi connectivity index (χ0v) is 27.8.